The van der Waals surface area contributed by atoms with Crippen LogP contribution in [-0.2, 0) is 19.2 Å². The van der Waals surface area contributed by atoms with Gasteiger partial charge in [-0.25, -0.2) is 9.59 Å². The van der Waals surface area contributed by atoms with Gasteiger partial charge in [0.2, 0.25) is 23.6 Å². The van der Waals surface area contributed by atoms with Crippen LogP contribution in [0.5, 0.6) is 0 Å². The Morgan fingerprint density at radius 3 is 1.37 bits per heavy atom. The molecule has 210 valence electrons. The smallest absolute Gasteiger partial charge is 0.335 e. The SMILES string of the molecule is C[C@H](N)C(=O)N1CCCC1C(N)=O.C[C@H](N)C(=O)N1CCCC1C(N)=O.O=C(O)c1cccc(C(=O)O)c1. The Labute approximate surface area is 219 Å². The second-order valence-corrected chi connectivity index (χ2v) is 8.95. The molecule has 2 fully saturated rings. The number of nitrogens with two attached hydrogens (primary N) is 4. The van der Waals surface area contributed by atoms with Gasteiger partial charge in [-0.3, -0.25) is 19.2 Å². The van der Waals surface area contributed by atoms with Gasteiger partial charge in [0.1, 0.15) is 12.1 Å². The number of benzene rings is 1. The number of aromatic carboxylic acids is 2. The molecule has 4 amide bonds. The summed E-state index contributed by atoms with van der Waals surface area (Å²) in [5.41, 5.74) is 21.1. The van der Waals surface area contributed by atoms with E-state index in [0.717, 1.165) is 18.9 Å². The van der Waals surface area contributed by atoms with E-state index in [0.29, 0.717) is 25.9 Å². The van der Waals surface area contributed by atoms with Gasteiger partial charge in [-0.1, -0.05) is 6.07 Å². The molecule has 2 saturated heterocycles. The summed E-state index contributed by atoms with van der Waals surface area (Å²) in [6.07, 6.45) is 2.97. The van der Waals surface area contributed by atoms with E-state index in [4.69, 9.17) is 33.1 Å². The fourth-order valence-corrected chi connectivity index (χ4v) is 3.96. The summed E-state index contributed by atoms with van der Waals surface area (Å²) in [4.78, 5) is 68.5. The van der Waals surface area contributed by atoms with Crippen molar-refractivity contribution in [3.05, 3.63) is 35.4 Å². The van der Waals surface area contributed by atoms with E-state index in [1.54, 1.807) is 13.8 Å². The standard InChI is InChI=1S/2C8H15N3O2.C8H6O4/c2*1-5(9)8(13)11-4-2-3-6(11)7(10)12;9-7(10)5-2-1-3-6(4-5)8(11)12/h2*5-6H,2-4,9H2,1H3,(H2,10,12);1-4H,(H,9,10)(H,11,12)/t2*5-,6?;/m00./s1. The van der Waals surface area contributed by atoms with Crippen molar-refractivity contribution in [2.75, 3.05) is 13.1 Å². The first-order valence-electron chi connectivity index (χ1n) is 12.0. The number of primary amides is 2. The number of hydrogen-bond acceptors (Lipinski definition) is 8. The van der Waals surface area contributed by atoms with Crippen molar-refractivity contribution in [2.45, 2.75) is 63.7 Å². The van der Waals surface area contributed by atoms with Crippen LogP contribution in [0.25, 0.3) is 0 Å². The van der Waals surface area contributed by atoms with E-state index in [9.17, 15) is 28.8 Å². The molecule has 0 aromatic heterocycles. The molecule has 1 aromatic rings. The van der Waals surface area contributed by atoms with Crippen molar-refractivity contribution in [3.8, 4) is 0 Å². The number of carbonyl (C=O) groups excluding carboxylic acids is 4. The third kappa shape index (κ3) is 9.12. The van der Waals surface area contributed by atoms with Crippen molar-refractivity contribution < 1.29 is 39.0 Å². The third-order valence-corrected chi connectivity index (χ3v) is 5.86. The van der Waals surface area contributed by atoms with E-state index >= 15 is 0 Å². The molecule has 0 radical (unpaired) electrons. The fraction of sp³-hybridized carbons (Fsp3) is 0.500. The van der Waals surface area contributed by atoms with Crippen LogP contribution >= 0.6 is 0 Å². The Kier molecular flexibility index (Phi) is 12.3. The van der Waals surface area contributed by atoms with E-state index in [1.165, 1.54) is 28.0 Å². The summed E-state index contributed by atoms with van der Waals surface area (Å²) >= 11 is 0. The molecular weight excluding hydrogens is 500 g/mol. The van der Waals surface area contributed by atoms with Crippen molar-refractivity contribution in [3.63, 3.8) is 0 Å². The predicted molar refractivity (Wildman–Crippen MR) is 136 cm³/mol. The Bertz CT molecular complexity index is 967. The highest BCUT2D eigenvalue weighted by molar-refractivity contribution is 5.93. The molecule has 4 atom stereocenters. The number of likely N-dealkylation sites (tertiary alicyclic amines) is 2. The number of carboxylic acids is 2. The summed E-state index contributed by atoms with van der Waals surface area (Å²) in [6, 6.07) is 3.19. The maximum atomic E-state index is 11.5. The van der Waals surface area contributed by atoms with Gasteiger partial charge in [0.25, 0.3) is 0 Å². The number of carboxylic acid groups (broad SMARTS) is 2. The number of hydrogen-bond donors (Lipinski definition) is 6. The molecule has 3 rings (SSSR count). The Morgan fingerprint density at radius 2 is 1.11 bits per heavy atom. The van der Waals surface area contributed by atoms with Crippen LogP contribution in [0, 0.1) is 0 Å². The minimum absolute atomic E-state index is 0.0186. The topological polar surface area (TPSA) is 253 Å². The van der Waals surface area contributed by atoms with Crippen LogP contribution in [0.1, 0.15) is 60.2 Å². The van der Waals surface area contributed by atoms with Crippen LogP contribution in [0.3, 0.4) is 0 Å². The van der Waals surface area contributed by atoms with Gasteiger partial charge >= 0.3 is 11.9 Å². The third-order valence-electron chi connectivity index (χ3n) is 5.86. The molecular formula is C24H36N6O8. The highest BCUT2D eigenvalue weighted by Crippen LogP contribution is 2.18. The van der Waals surface area contributed by atoms with Gasteiger partial charge in [0, 0.05) is 13.1 Å². The maximum absolute atomic E-state index is 11.5. The summed E-state index contributed by atoms with van der Waals surface area (Å²) in [5, 5.41) is 17.0. The Hall–Kier alpha value is -4.04. The first kappa shape index (κ1) is 32.0. The van der Waals surface area contributed by atoms with E-state index in [1.807, 2.05) is 0 Å². The number of amides is 4. The van der Waals surface area contributed by atoms with Gasteiger partial charge in [0.05, 0.1) is 23.2 Å². The zero-order chi connectivity index (χ0) is 29.2. The van der Waals surface area contributed by atoms with Crippen molar-refractivity contribution >= 4 is 35.6 Å². The molecule has 0 bridgehead atoms. The molecule has 0 aliphatic carbocycles. The van der Waals surface area contributed by atoms with Gasteiger partial charge < -0.3 is 42.9 Å². The predicted octanol–water partition coefficient (Wildman–Crippen LogP) is -1.30. The minimum Gasteiger partial charge on any atom is -0.478 e. The highest BCUT2D eigenvalue weighted by atomic mass is 16.4. The summed E-state index contributed by atoms with van der Waals surface area (Å²) in [5.74, 6) is -3.52. The molecule has 38 heavy (non-hydrogen) atoms. The lowest BCUT2D eigenvalue weighted by molar-refractivity contribution is -0.138. The summed E-state index contributed by atoms with van der Waals surface area (Å²) in [6.45, 7) is 4.40. The second-order valence-electron chi connectivity index (χ2n) is 8.95. The zero-order valence-electron chi connectivity index (χ0n) is 21.4. The molecule has 0 spiro atoms. The fourth-order valence-electron chi connectivity index (χ4n) is 3.96. The van der Waals surface area contributed by atoms with Gasteiger partial charge in [-0.05, 0) is 57.7 Å². The lowest BCUT2D eigenvalue weighted by Crippen LogP contribution is -2.49. The van der Waals surface area contributed by atoms with E-state index in [-0.39, 0.29) is 22.9 Å². The molecule has 2 unspecified atom stereocenters. The van der Waals surface area contributed by atoms with Gasteiger partial charge in [-0.2, -0.15) is 0 Å². The zero-order valence-corrected chi connectivity index (χ0v) is 21.4. The first-order chi connectivity index (χ1) is 17.7. The van der Waals surface area contributed by atoms with E-state index in [2.05, 4.69) is 0 Å². The average molecular weight is 537 g/mol. The lowest BCUT2D eigenvalue weighted by Gasteiger charge is -2.23. The minimum atomic E-state index is -1.13. The molecule has 1 aromatic carbocycles. The lowest BCUT2D eigenvalue weighted by atomic mass is 10.1. The number of nitrogens with zero attached hydrogens (tertiary/aromatic N) is 2. The average Bonchev–Trinajstić information content (AvgIpc) is 3.54. The first-order valence-corrected chi connectivity index (χ1v) is 12.0. The molecule has 14 heteroatoms. The molecule has 2 aliphatic rings. The molecule has 2 heterocycles. The molecule has 0 saturated carbocycles. The van der Waals surface area contributed by atoms with Gasteiger partial charge in [0.15, 0.2) is 0 Å². The van der Waals surface area contributed by atoms with E-state index < -0.39 is 47.9 Å². The van der Waals surface area contributed by atoms with Crippen molar-refractivity contribution in [2.24, 2.45) is 22.9 Å². The number of rotatable bonds is 6. The number of carbonyl (C=O) groups is 6. The Morgan fingerprint density at radius 1 is 0.763 bits per heavy atom. The van der Waals surface area contributed by atoms with Crippen molar-refractivity contribution in [1.29, 1.82) is 0 Å². The quantitative estimate of drug-likeness (QED) is 0.250. The summed E-state index contributed by atoms with van der Waals surface area (Å²) in [7, 11) is 0. The second kappa shape index (κ2) is 14.6. The van der Waals surface area contributed by atoms with Gasteiger partial charge in [-0.15, -0.1) is 0 Å². The highest BCUT2D eigenvalue weighted by Gasteiger charge is 2.34. The van der Waals surface area contributed by atoms with Crippen LogP contribution in [0.4, 0.5) is 0 Å². The maximum Gasteiger partial charge on any atom is 0.335 e. The molecule has 2 aliphatic heterocycles. The van der Waals surface area contributed by atoms with Crippen molar-refractivity contribution in [1.82, 2.24) is 9.80 Å². The van der Waals surface area contributed by atoms with Crippen LogP contribution < -0.4 is 22.9 Å². The monoisotopic (exact) mass is 536 g/mol. The normalized spacial score (nSPS) is 19.7. The van der Waals surface area contributed by atoms with Crippen LogP contribution in [0.2, 0.25) is 0 Å². The largest absolute Gasteiger partial charge is 0.478 e. The van der Waals surface area contributed by atoms with Crippen LogP contribution in [0.15, 0.2) is 24.3 Å². The molecule has 10 N–H and O–H groups in total. The molecule has 14 nitrogen and oxygen atoms in total. The summed E-state index contributed by atoms with van der Waals surface area (Å²) < 4.78 is 0. The van der Waals surface area contributed by atoms with Crippen LogP contribution in [-0.4, -0.2) is 92.8 Å². The Balaban J connectivity index is 0.000000285.